The molecule has 0 unspecified atom stereocenters. The van der Waals surface area contributed by atoms with Gasteiger partial charge in [0.15, 0.2) is 0 Å². The molecule has 0 saturated carbocycles. The van der Waals surface area contributed by atoms with Crippen molar-refractivity contribution in [2.24, 2.45) is 5.92 Å². The Hall–Kier alpha value is -4.00. The molecule has 0 aliphatic carbocycles. The minimum Gasteiger partial charge on any atom is -0.481 e. The second-order valence-corrected chi connectivity index (χ2v) is 11.5. The Morgan fingerprint density at radius 3 is 2.27 bits per heavy atom. The summed E-state index contributed by atoms with van der Waals surface area (Å²) in [6, 6.07) is 12.5. The Kier molecular flexibility index (Phi) is 7.73. The molecule has 2 heterocycles. The van der Waals surface area contributed by atoms with Crippen LogP contribution in [0.1, 0.15) is 86.6 Å². The van der Waals surface area contributed by atoms with E-state index in [1.165, 1.54) is 5.56 Å². The summed E-state index contributed by atoms with van der Waals surface area (Å²) >= 11 is 0. The number of aromatic nitrogens is 3. The van der Waals surface area contributed by atoms with Gasteiger partial charge in [-0.05, 0) is 111 Å². The Labute approximate surface area is 242 Å². The van der Waals surface area contributed by atoms with Crippen LogP contribution < -0.4 is 0 Å². The summed E-state index contributed by atoms with van der Waals surface area (Å²) in [6.07, 6.45) is 1.27. The van der Waals surface area contributed by atoms with Gasteiger partial charge in [-0.15, -0.1) is 5.10 Å². The summed E-state index contributed by atoms with van der Waals surface area (Å²) in [5, 5.41) is 19.0. The molecule has 0 radical (unpaired) electrons. The number of hydrogen-bond acceptors (Lipinski definition) is 4. The third kappa shape index (κ3) is 4.92. The number of rotatable bonds is 7. The van der Waals surface area contributed by atoms with Crippen LogP contribution in [0.25, 0.3) is 11.0 Å². The van der Waals surface area contributed by atoms with E-state index in [1.54, 1.807) is 0 Å². The molecular weight excluding hydrogens is 512 g/mol. The second-order valence-electron chi connectivity index (χ2n) is 11.5. The lowest BCUT2D eigenvalue weighted by atomic mass is 9.76. The molecule has 2 atom stereocenters. The summed E-state index contributed by atoms with van der Waals surface area (Å²) in [7, 11) is 0. The van der Waals surface area contributed by atoms with E-state index in [4.69, 9.17) is 0 Å². The minimum atomic E-state index is -0.815. The maximum absolute atomic E-state index is 13.9. The SMILES string of the molecule is CC[C@H](C(=O)O)[C@@H](c1ccc2c(c1)CN(C(=O)c1c(C)c(C)cc(C)c1C)CC2)c1ccc2c(nnn2CC)c1C. The van der Waals surface area contributed by atoms with Crippen molar-refractivity contribution in [2.75, 3.05) is 6.54 Å². The van der Waals surface area contributed by atoms with Crippen LogP contribution in [-0.4, -0.2) is 43.4 Å². The van der Waals surface area contributed by atoms with Gasteiger partial charge in [-0.3, -0.25) is 9.59 Å². The molecule has 0 bridgehead atoms. The molecule has 1 amide bonds. The predicted molar refractivity (Wildman–Crippen MR) is 161 cm³/mol. The van der Waals surface area contributed by atoms with E-state index >= 15 is 0 Å². The highest BCUT2D eigenvalue weighted by Gasteiger charge is 2.33. The lowest BCUT2D eigenvalue weighted by Gasteiger charge is -2.32. The Balaban J connectivity index is 1.56. The Bertz CT molecular complexity index is 1640. The molecular formula is C34H40N4O3. The van der Waals surface area contributed by atoms with Crippen molar-refractivity contribution in [3.63, 3.8) is 0 Å². The molecule has 1 aromatic heterocycles. The Morgan fingerprint density at radius 1 is 0.927 bits per heavy atom. The first-order valence-corrected chi connectivity index (χ1v) is 14.6. The number of carbonyl (C=O) groups excluding carboxylic acids is 1. The highest BCUT2D eigenvalue weighted by molar-refractivity contribution is 5.98. The van der Waals surface area contributed by atoms with Gasteiger partial charge in [-0.25, -0.2) is 4.68 Å². The van der Waals surface area contributed by atoms with Crippen LogP contribution >= 0.6 is 0 Å². The van der Waals surface area contributed by atoms with Crippen molar-refractivity contribution >= 4 is 22.9 Å². The third-order valence-corrected chi connectivity index (χ3v) is 9.25. The van der Waals surface area contributed by atoms with E-state index in [0.29, 0.717) is 26.1 Å². The van der Waals surface area contributed by atoms with Gasteiger partial charge >= 0.3 is 5.97 Å². The average Bonchev–Trinajstić information content (AvgIpc) is 3.39. The zero-order chi connectivity index (χ0) is 29.6. The number of carboxylic acid groups (broad SMARTS) is 1. The second kappa shape index (κ2) is 11.1. The number of carbonyl (C=O) groups is 2. The minimum absolute atomic E-state index is 0.0664. The van der Waals surface area contributed by atoms with Crippen molar-refractivity contribution in [2.45, 2.75) is 80.3 Å². The van der Waals surface area contributed by atoms with Gasteiger partial charge in [-0.1, -0.05) is 42.5 Å². The average molecular weight is 553 g/mol. The molecule has 214 valence electrons. The highest BCUT2D eigenvalue weighted by Crippen LogP contribution is 2.39. The maximum Gasteiger partial charge on any atom is 0.307 e. The van der Waals surface area contributed by atoms with Gasteiger partial charge in [0.25, 0.3) is 5.91 Å². The normalized spacial score (nSPS) is 14.7. The third-order valence-electron chi connectivity index (χ3n) is 9.25. The van der Waals surface area contributed by atoms with Crippen molar-refractivity contribution in [1.29, 1.82) is 0 Å². The molecule has 1 N–H and O–H groups in total. The van der Waals surface area contributed by atoms with Crippen molar-refractivity contribution in [3.05, 3.63) is 92.0 Å². The van der Waals surface area contributed by atoms with E-state index in [9.17, 15) is 14.7 Å². The molecule has 0 spiro atoms. The van der Waals surface area contributed by atoms with E-state index in [0.717, 1.165) is 67.5 Å². The lowest BCUT2D eigenvalue weighted by molar-refractivity contribution is -0.142. The van der Waals surface area contributed by atoms with Crippen LogP contribution in [-0.2, 0) is 24.3 Å². The van der Waals surface area contributed by atoms with E-state index in [2.05, 4.69) is 48.4 Å². The fraction of sp³-hybridized carbons (Fsp3) is 0.412. The summed E-state index contributed by atoms with van der Waals surface area (Å²) in [5.41, 5.74) is 12.1. The zero-order valence-corrected chi connectivity index (χ0v) is 25.2. The molecule has 3 aromatic carbocycles. The van der Waals surface area contributed by atoms with Crippen molar-refractivity contribution in [1.82, 2.24) is 19.9 Å². The van der Waals surface area contributed by atoms with Gasteiger partial charge in [0, 0.05) is 31.1 Å². The fourth-order valence-electron chi connectivity index (χ4n) is 6.57. The van der Waals surface area contributed by atoms with Crippen LogP contribution in [0.4, 0.5) is 0 Å². The summed E-state index contributed by atoms with van der Waals surface area (Å²) < 4.78 is 1.86. The molecule has 1 aliphatic heterocycles. The summed E-state index contributed by atoms with van der Waals surface area (Å²) in [6.45, 7) is 16.0. The molecule has 4 aromatic rings. The number of amides is 1. The molecule has 41 heavy (non-hydrogen) atoms. The standard InChI is InChI=1S/C34H40N4O3/c1-8-27(34(40)41)31(28-12-13-29-32(23(28)7)35-36-38(29)9-2)25-11-10-24-14-15-37(18-26(24)17-25)33(39)30-21(5)19(3)16-20(4)22(30)6/h10-13,16-17,27,31H,8-9,14-15,18H2,1-7H3,(H,40,41)/t27-,31+/m0/s1. The van der Waals surface area contributed by atoms with E-state index in [-0.39, 0.29) is 11.8 Å². The summed E-state index contributed by atoms with van der Waals surface area (Å²) in [5.74, 6) is -1.71. The quantitative estimate of drug-likeness (QED) is 0.285. The molecule has 0 fully saturated rings. The fourth-order valence-corrected chi connectivity index (χ4v) is 6.57. The summed E-state index contributed by atoms with van der Waals surface area (Å²) in [4.78, 5) is 28.4. The molecule has 0 saturated heterocycles. The zero-order valence-electron chi connectivity index (χ0n) is 25.2. The van der Waals surface area contributed by atoms with Crippen LogP contribution in [0.15, 0.2) is 36.4 Å². The van der Waals surface area contributed by atoms with E-state index in [1.807, 2.05) is 56.3 Å². The topological polar surface area (TPSA) is 88.3 Å². The van der Waals surface area contributed by atoms with Gasteiger partial charge < -0.3 is 10.0 Å². The number of hydrogen-bond donors (Lipinski definition) is 1. The highest BCUT2D eigenvalue weighted by atomic mass is 16.4. The van der Waals surface area contributed by atoms with Gasteiger partial charge in [0.2, 0.25) is 0 Å². The smallest absolute Gasteiger partial charge is 0.307 e. The number of nitrogens with zero attached hydrogens (tertiary/aromatic N) is 4. The maximum atomic E-state index is 13.9. The molecule has 7 heteroatoms. The van der Waals surface area contributed by atoms with Gasteiger partial charge in [0.1, 0.15) is 5.52 Å². The Morgan fingerprint density at radius 2 is 1.63 bits per heavy atom. The monoisotopic (exact) mass is 552 g/mol. The number of aliphatic carboxylic acids is 1. The number of fused-ring (bicyclic) bond motifs is 2. The van der Waals surface area contributed by atoms with Crippen molar-refractivity contribution < 1.29 is 14.7 Å². The van der Waals surface area contributed by atoms with Gasteiger partial charge in [0.05, 0.1) is 11.4 Å². The van der Waals surface area contributed by atoms with Gasteiger partial charge in [-0.2, -0.15) is 0 Å². The van der Waals surface area contributed by atoms with Crippen LogP contribution in [0.5, 0.6) is 0 Å². The first kappa shape index (κ1) is 28.5. The number of carboxylic acids is 1. The lowest BCUT2D eigenvalue weighted by Crippen LogP contribution is -2.37. The number of aryl methyl sites for hydroxylation is 4. The van der Waals surface area contributed by atoms with Crippen LogP contribution in [0.2, 0.25) is 0 Å². The van der Waals surface area contributed by atoms with Crippen LogP contribution in [0, 0.1) is 40.5 Å². The number of benzene rings is 3. The first-order chi connectivity index (χ1) is 19.6. The molecule has 5 rings (SSSR count). The molecule has 1 aliphatic rings. The van der Waals surface area contributed by atoms with Crippen molar-refractivity contribution in [3.8, 4) is 0 Å². The van der Waals surface area contributed by atoms with E-state index < -0.39 is 11.9 Å². The first-order valence-electron chi connectivity index (χ1n) is 14.6. The predicted octanol–water partition coefficient (Wildman–Crippen LogP) is 6.43. The molecule has 7 nitrogen and oxygen atoms in total. The van der Waals surface area contributed by atoms with Crippen LogP contribution in [0.3, 0.4) is 0 Å². The largest absolute Gasteiger partial charge is 0.481 e.